The smallest absolute Gasteiger partial charge is 0.0386 e. The van der Waals surface area contributed by atoms with Crippen LogP contribution in [0.4, 0.5) is 0 Å². The van der Waals surface area contributed by atoms with Crippen molar-refractivity contribution in [1.29, 1.82) is 0 Å². The van der Waals surface area contributed by atoms with Gasteiger partial charge in [-0.05, 0) is 67.1 Å². The monoisotopic (exact) mass is 386 g/mol. The lowest BCUT2D eigenvalue weighted by atomic mass is 9.60. The van der Waals surface area contributed by atoms with Crippen molar-refractivity contribution in [2.24, 2.45) is 41.4 Å². The summed E-state index contributed by atoms with van der Waals surface area (Å²) in [5.74, 6) is 6.96. The molecule has 3 aliphatic carbocycles. The Labute approximate surface area is 177 Å². The summed E-state index contributed by atoms with van der Waals surface area (Å²) in [6.07, 6.45) is 8.84. The van der Waals surface area contributed by atoms with Gasteiger partial charge in [0.1, 0.15) is 0 Å². The van der Waals surface area contributed by atoms with Gasteiger partial charge in [-0.15, -0.1) is 0 Å². The second-order valence-electron chi connectivity index (χ2n) is 8.07. The molecule has 3 unspecified atom stereocenters. The van der Waals surface area contributed by atoms with Crippen LogP contribution in [0.3, 0.4) is 0 Å². The Kier molecular flexibility index (Phi) is 28.5. The summed E-state index contributed by atoms with van der Waals surface area (Å²) >= 11 is 0. The molecule has 0 nitrogen and oxygen atoms in total. The van der Waals surface area contributed by atoms with Crippen molar-refractivity contribution in [3.8, 4) is 0 Å². The van der Waals surface area contributed by atoms with Crippen molar-refractivity contribution in [2.45, 2.75) is 136 Å². The molecule has 27 heavy (non-hydrogen) atoms. The Morgan fingerprint density at radius 2 is 0.889 bits per heavy atom. The molecule has 0 heterocycles. The molecule has 0 radical (unpaired) electrons. The van der Waals surface area contributed by atoms with Gasteiger partial charge in [-0.3, -0.25) is 0 Å². The Morgan fingerprint density at radius 1 is 0.630 bits per heavy atom. The summed E-state index contributed by atoms with van der Waals surface area (Å²) in [7, 11) is 0. The van der Waals surface area contributed by atoms with Gasteiger partial charge in [-0.1, -0.05) is 110 Å². The lowest BCUT2D eigenvalue weighted by molar-refractivity contribution is 0.0455. The van der Waals surface area contributed by atoms with E-state index in [1.807, 2.05) is 41.5 Å². The highest BCUT2D eigenvalue weighted by molar-refractivity contribution is 4.88. The summed E-state index contributed by atoms with van der Waals surface area (Å²) in [6, 6.07) is 0. The second kappa shape index (κ2) is 22.3. The summed E-state index contributed by atoms with van der Waals surface area (Å²) in [4.78, 5) is 0. The zero-order valence-corrected chi connectivity index (χ0v) is 21.3. The molecule has 3 atom stereocenters. The van der Waals surface area contributed by atoms with E-state index in [9.17, 15) is 0 Å². The predicted octanol–water partition coefficient (Wildman–Crippen LogP) is 10.5. The van der Waals surface area contributed by atoms with Gasteiger partial charge >= 0.3 is 0 Å². The van der Waals surface area contributed by atoms with Crippen LogP contribution in [0.2, 0.25) is 0 Å². The Bertz CT molecular complexity index is 219. The summed E-state index contributed by atoms with van der Waals surface area (Å²) in [6.45, 7) is 28.5. The van der Waals surface area contributed by atoms with Crippen molar-refractivity contribution >= 4 is 0 Å². The Morgan fingerprint density at radius 3 is 1.00 bits per heavy atom. The number of hydrogen-bond donors (Lipinski definition) is 0. The maximum Gasteiger partial charge on any atom is -0.0386 e. The van der Waals surface area contributed by atoms with Crippen molar-refractivity contribution in [2.75, 3.05) is 0 Å². The minimum absolute atomic E-state index is 0. The van der Waals surface area contributed by atoms with Gasteiger partial charge in [0, 0.05) is 0 Å². The van der Waals surface area contributed by atoms with Crippen molar-refractivity contribution in [3.63, 3.8) is 0 Å². The summed E-state index contributed by atoms with van der Waals surface area (Å²) < 4.78 is 0. The van der Waals surface area contributed by atoms with E-state index >= 15 is 0 Å². The first-order valence-corrected chi connectivity index (χ1v) is 12.4. The molecule has 0 aromatic rings. The highest BCUT2D eigenvalue weighted by Crippen LogP contribution is 2.48. The fourth-order valence-electron chi connectivity index (χ4n) is 4.63. The third-order valence-corrected chi connectivity index (χ3v) is 6.98. The molecular weight excluding hydrogens is 324 g/mol. The molecule has 3 rings (SSSR count). The van der Waals surface area contributed by atoms with Gasteiger partial charge in [0.25, 0.3) is 0 Å². The molecule has 0 N–H and O–H groups in total. The van der Waals surface area contributed by atoms with E-state index < -0.39 is 0 Å². The molecule has 3 fully saturated rings. The molecule has 0 amide bonds. The van der Waals surface area contributed by atoms with Crippen molar-refractivity contribution in [1.82, 2.24) is 0 Å². The molecule has 0 heteroatoms. The van der Waals surface area contributed by atoms with Crippen LogP contribution in [0.25, 0.3) is 0 Å². The Balaban J connectivity index is -0.000000149. The molecule has 2 bridgehead atoms. The van der Waals surface area contributed by atoms with Gasteiger partial charge in [-0.2, -0.15) is 0 Å². The zero-order valence-electron chi connectivity index (χ0n) is 21.3. The highest BCUT2D eigenvalue weighted by atomic mass is 14.4. The van der Waals surface area contributed by atoms with Gasteiger partial charge in [0.2, 0.25) is 0 Å². The molecule has 3 aliphatic rings. The predicted molar refractivity (Wildman–Crippen MR) is 133 cm³/mol. The summed E-state index contributed by atoms with van der Waals surface area (Å²) in [5, 5.41) is 0. The average Bonchev–Trinajstić information content (AvgIpc) is 2.72. The van der Waals surface area contributed by atoms with E-state index in [0.717, 1.165) is 41.4 Å². The van der Waals surface area contributed by atoms with Crippen LogP contribution in [0.15, 0.2) is 0 Å². The molecule has 0 saturated heterocycles. The van der Waals surface area contributed by atoms with Crippen LogP contribution < -0.4 is 0 Å². The van der Waals surface area contributed by atoms with Crippen LogP contribution >= 0.6 is 0 Å². The minimum Gasteiger partial charge on any atom is -0.0776 e. The normalized spacial score (nSPS) is 25.9. The lowest BCUT2D eigenvalue weighted by Gasteiger charge is -2.46. The van der Waals surface area contributed by atoms with Crippen LogP contribution in [-0.4, -0.2) is 0 Å². The summed E-state index contributed by atoms with van der Waals surface area (Å²) in [5.41, 5.74) is 0. The third kappa shape index (κ3) is 13.0. The van der Waals surface area contributed by atoms with Crippen LogP contribution in [0.1, 0.15) is 136 Å². The highest BCUT2D eigenvalue weighted by Gasteiger charge is 2.38. The molecule has 0 aromatic carbocycles. The molecule has 0 aromatic heterocycles. The number of fused-ring (bicyclic) bond motifs is 3. The van der Waals surface area contributed by atoms with E-state index in [1.165, 1.54) is 38.5 Å². The SMILES string of the molecule is C.CC.CC.CC.CC1C2CCC(CC2)C1C.CCC(CC)C(C)C(C)C. The van der Waals surface area contributed by atoms with E-state index in [4.69, 9.17) is 0 Å². The van der Waals surface area contributed by atoms with Crippen molar-refractivity contribution < 1.29 is 0 Å². The molecular formula is C27H62. The fraction of sp³-hybridized carbons (Fsp3) is 1.00. The average molecular weight is 387 g/mol. The van der Waals surface area contributed by atoms with Gasteiger partial charge in [-0.25, -0.2) is 0 Å². The first-order valence-electron chi connectivity index (χ1n) is 12.4. The maximum atomic E-state index is 2.46. The van der Waals surface area contributed by atoms with Gasteiger partial charge in [0.05, 0.1) is 0 Å². The fourth-order valence-corrected chi connectivity index (χ4v) is 4.63. The lowest BCUT2D eigenvalue weighted by Crippen LogP contribution is -2.36. The van der Waals surface area contributed by atoms with Crippen LogP contribution in [-0.2, 0) is 0 Å². The Hall–Kier alpha value is 0. The van der Waals surface area contributed by atoms with Gasteiger partial charge < -0.3 is 0 Å². The maximum absolute atomic E-state index is 2.46. The zero-order chi connectivity index (χ0) is 21.3. The first-order chi connectivity index (χ1) is 12.4. The van der Waals surface area contributed by atoms with Crippen LogP contribution in [0, 0.1) is 41.4 Å². The van der Waals surface area contributed by atoms with E-state index in [2.05, 4.69) is 48.5 Å². The molecule has 3 saturated carbocycles. The minimum atomic E-state index is 0. The first kappa shape index (κ1) is 34.5. The van der Waals surface area contributed by atoms with E-state index in [1.54, 1.807) is 0 Å². The third-order valence-electron chi connectivity index (χ3n) is 6.98. The number of hydrogen-bond acceptors (Lipinski definition) is 0. The molecule has 170 valence electrons. The molecule has 0 spiro atoms. The second-order valence-corrected chi connectivity index (χ2v) is 8.07. The standard InChI is InChI=1S/C10H18.C10H22.3C2H6.CH4/c1-7-8(2)10-5-3-9(7)4-6-10;1-6-10(7-2)9(5)8(3)4;3*1-2;/h7-10H,3-6H2,1-2H3;8-10H,6-7H2,1-5H3;3*1-2H3;1H4. The quantitative estimate of drug-likeness (QED) is 0.450. The molecule has 0 aliphatic heterocycles. The van der Waals surface area contributed by atoms with Crippen molar-refractivity contribution in [3.05, 3.63) is 0 Å². The largest absolute Gasteiger partial charge is 0.0776 e. The van der Waals surface area contributed by atoms with Gasteiger partial charge in [0.15, 0.2) is 0 Å². The number of rotatable bonds is 4. The van der Waals surface area contributed by atoms with E-state index in [0.29, 0.717) is 0 Å². The topological polar surface area (TPSA) is 0 Å². The van der Waals surface area contributed by atoms with E-state index in [-0.39, 0.29) is 7.43 Å². The van der Waals surface area contributed by atoms with Crippen LogP contribution in [0.5, 0.6) is 0 Å².